The minimum atomic E-state index is 0.0808. The molecule has 1 aliphatic heterocycles. The summed E-state index contributed by atoms with van der Waals surface area (Å²) in [6.45, 7) is 4.34. The number of ether oxygens (including phenoxy) is 1. The lowest BCUT2D eigenvalue weighted by Crippen LogP contribution is -2.26. The fraction of sp³-hybridized carbons (Fsp3) is 0.588. The maximum Gasteiger partial charge on any atom is 0.221 e. The molecule has 2 rings (SSSR count). The van der Waals surface area contributed by atoms with Crippen molar-refractivity contribution in [3.8, 4) is 0 Å². The lowest BCUT2D eigenvalue weighted by Gasteiger charge is -2.18. The summed E-state index contributed by atoms with van der Waals surface area (Å²) in [6, 6.07) is 8.48. The van der Waals surface area contributed by atoms with Gasteiger partial charge in [-0.25, -0.2) is 0 Å². The van der Waals surface area contributed by atoms with Crippen LogP contribution in [0.1, 0.15) is 25.7 Å². The highest BCUT2D eigenvalue weighted by Gasteiger charge is 2.11. The van der Waals surface area contributed by atoms with Crippen LogP contribution in [0.15, 0.2) is 24.3 Å². The number of carbonyl (C=O) groups excluding carboxylic acids is 1. The van der Waals surface area contributed by atoms with Gasteiger partial charge in [0.2, 0.25) is 5.91 Å². The Morgan fingerprint density at radius 3 is 2.59 bits per heavy atom. The molecule has 122 valence electrons. The van der Waals surface area contributed by atoms with Gasteiger partial charge in [0.15, 0.2) is 0 Å². The average molecular weight is 305 g/mol. The molecule has 0 radical (unpaired) electrons. The number of nitrogens with one attached hydrogen (secondary N) is 2. The predicted molar refractivity (Wildman–Crippen MR) is 90.5 cm³/mol. The Bertz CT molecular complexity index is 442. The van der Waals surface area contributed by atoms with Gasteiger partial charge in [-0.1, -0.05) is 0 Å². The minimum Gasteiger partial charge on any atom is -0.385 e. The first kappa shape index (κ1) is 16.6. The van der Waals surface area contributed by atoms with Crippen LogP contribution in [-0.4, -0.2) is 45.8 Å². The largest absolute Gasteiger partial charge is 0.385 e. The molecule has 1 aromatic carbocycles. The first-order valence-corrected chi connectivity index (χ1v) is 8.14. The number of hydrogen-bond acceptors (Lipinski definition) is 4. The van der Waals surface area contributed by atoms with Gasteiger partial charge in [-0.05, 0) is 43.5 Å². The minimum absolute atomic E-state index is 0.0808. The van der Waals surface area contributed by atoms with Crippen LogP contribution in [0.4, 0.5) is 11.4 Å². The van der Waals surface area contributed by atoms with Gasteiger partial charge in [-0.15, -0.1) is 0 Å². The van der Waals surface area contributed by atoms with Crippen LogP contribution in [0.25, 0.3) is 0 Å². The van der Waals surface area contributed by atoms with E-state index in [1.54, 1.807) is 7.11 Å². The monoisotopic (exact) mass is 305 g/mol. The van der Waals surface area contributed by atoms with Crippen LogP contribution in [0, 0.1) is 0 Å². The molecule has 1 aliphatic rings. The number of amides is 1. The van der Waals surface area contributed by atoms with Crippen LogP contribution in [-0.2, 0) is 9.53 Å². The maximum atomic E-state index is 11.6. The number of anilines is 2. The molecule has 1 fully saturated rings. The first-order valence-electron chi connectivity index (χ1n) is 8.14. The van der Waals surface area contributed by atoms with Gasteiger partial charge in [0.05, 0.1) is 0 Å². The second kappa shape index (κ2) is 9.30. The summed E-state index contributed by atoms with van der Waals surface area (Å²) >= 11 is 0. The predicted octanol–water partition coefficient (Wildman–Crippen LogP) is 2.24. The van der Waals surface area contributed by atoms with Crippen molar-refractivity contribution in [2.45, 2.75) is 25.7 Å². The van der Waals surface area contributed by atoms with Crippen molar-refractivity contribution in [2.75, 3.05) is 50.1 Å². The number of methoxy groups -OCH3 is 1. The zero-order valence-electron chi connectivity index (χ0n) is 13.4. The standard InChI is InChI=1S/C17H27N3O2/c1-22-14-4-10-19-17(21)9-11-18-15-5-7-16(8-6-15)20-12-2-3-13-20/h5-8,18H,2-4,9-14H2,1H3,(H,19,21). The van der Waals surface area contributed by atoms with Crippen LogP contribution in [0.5, 0.6) is 0 Å². The lowest BCUT2D eigenvalue weighted by molar-refractivity contribution is -0.120. The highest BCUT2D eigenvalue weighted by atomic mass is 16.5. The topological polar surface area (TPSA) is 53.6 Å². The highest BCUT2D eigenvalue weighted by Crippen LogP contribution is 2.21. The second-order valence-electron chi connectivity index (χ2n) is 5.61. The fourth-order valence-electron chi connectivity index (χ4n) is 2.62. The average Bonchev–Trinajstić information content (AvgIpc) is 3.07. The van der Waals surface area contributed by atoms with E-state index in [1.165, 1.54) is 18.5 Å². The molecule has 1 saturated heterocycles. The summed E-state index contributed by atoms with van der Waals surface area (Å²) in [5.41, 5.74) is 2.36. The van der Waals surface area contributed by atoms with E-state index in [1.807, 2.05) is 0 Å². The third-order valence-corrected chi connectivity index (χ3v) is 3.87. The Hall–Kier alpha value is -1.75. The van der Waals surface area contributed by atoms with Gasteiger partial charge >= 0.3 is 0 Å². The molecular weight excluding hydrogens is 278 g/mol. The van der Waals surface area contributed by atoms with E-state index in [-0.39, 0.29) is 5.91 Å². The summed E-state index contributed by atoms with van der Waals surface area (Å²) in [5.74, 6) is 0.0808. The first-order chi connectivity index (χ1) is 10.8. The molecule has 0 bridgehead atoms. The smallest absolute Gasteiger partial charge is 0.221 e. The molecule has 22 heavy (non-hydrogen) atoms. The number of benzene rings is 1. The Balaban J connectivity index is 1.63. The molecular formula is C17H27N3O2. The number of hydrogen-bond donors (Lipinski definition) is 2. The van der Waals surface area contributed by atoms with Gasteiger partial charge in [0.25, 0.3) is 0 Å². The summed E-state index contributed by atoms with van der Waals surface area (Å²) in [5, 5.41) is 6.18. The van der Waals surface area contributed by atoms with Crippen molar-refractivity contribution in [2.24, 2.45) is 0 Å². The molecule has 0 saturated carbocycles. The SMILES string of the molecule is COCCCNC(=O)CCNc1ccc(N2CCCC2)cc1. The van der Waals surface area contributed by atoms with E-state index >= 15 is 0 Å². The van der Waals surface area contributed by atoms with E-state index in [2.05, 4.69) is 39.8 Å². The van der Waals surface area contributed by atoms with E-state index in [0.717, 1.165) is 25.2 Å². The van der Waals surface area contributed by atoms with Crippen molar-refractivity contribution in [3.05, 3.63) is 24.3 Å². The van der Waals surface area contributed by atoms with Crippen molar-refractivity contribution in [1.29, 1.82) is 0 Å². The number of rotatable bonds is 9. The fourth-order valence-corrected chi connectivity index (χ4v) is 2.62. The van der Waals surface area contributed by atoms with Gasteiger partial charge in [0, 0.05) is 57.7 Å². The zero-order chi connectivity index (χ0) is 15.6. The van der Waals surface area contributed by atoms with Gasteiger partial charge in [-0.2, -0.15) is 0 Å². The van der Waals surface area contributed by atoms with E-state index < -0.39 is 0 Å². The van der Waals surface area contributed by atoms with Crippen molar-refractivity contribution in [3.63, 3.8) is 0 Å². The Labute approximate surface area is 133 Å². The van der Waals surface area contributed by atoms with Crippen molar-refractivity contribution < 1.29 is 9.53 Å². The van der Waals surface area contributed by atoms with E-state index in [9.17, 15) is 4.79 Å². The third kappa shape index (κ3) is 5.56. The van der Waals surface area contributed by atoms with Gasteiger partial charge < -0.3 is 20.3 Å². The molecule has 5 nitrogen and oxygen atoms in total. The maximum absolute atomic E-state index is 11.6. The molecule has 1 heterocycles. The molecule has 0 aliphatic carbocycles. The van der Waals surface area contributed by atoms with Crippen LogP contribution in [0.3, 0.4) is 0 Å². The summed E-state index contributed by atoms with van der Waals surface area (Å²) < 4.78 is 4.94. The van der Waals surface area contributed by atoms with Crippen molar-refractivity contribution in [1.82, 2.24) is 5.32 Å². The van der Waals surface area contributed by atoms with Gasteiger partial charge in [-0.3, -0.25) is 4.79 Å². The normalized spacial score (nSPS) is 14.1. The molecule has 1 amide bonds. The molecule has 2 N–H and O–H groups in total. The summed E-state index contributed by atoms with van der Waals surface area (Å²) in [6.07, 6.45) is 3.92. The number of carbonyl (C=O) groups is 1. The Morgan fingerprint density at radius 2 is 1.91 bits per heavy atom. The molecule has 0 atom stereocenters. The van der Waals surface area contributed by atoms with Crippen LogP contribution < -0.4 is 15.5 Å². The van der Waals surface area contributed by atoms with E-state index in [4.69, 9.17) is 4.74 Å². The highest BCUT2D eigenvalue weighted by molar-refractivity contribution is 5.76. The lowest BCUT2D eigenvalue weighted by atomic mass is 10.2. The van der Waals surface area contributed by atoms with Gasteiger partial charge in [0.1, 0.15) is 0 Å². The van der Waals surface area contributed by atoms with E-state index in [0.29, 0.717) is 26.1 Å². The summed E-state index contributed by atoms with van der Waals surface area (Å²) in [7, 11) is 1.67. The van der Waals surface area contributed by atoms with Crippen molar-refractivity contribution >= 4 is 17.3 Å². The zero-order valence-corrected chi connectivity index (χ0v) is 13.4. The van der Waals surface area contributed by atoms with Crippen LogP contribution >= 0.6 is 0 Å². The van der Waals surface area contributed by atoms with Crippen LogP contribution in [0.2, 0.25) is 0 Å². The Morgan fingerprint density at radius 1 is 1.18 bits per heavy atom. The molecule has 5 heteroatoms. The molecule has 0 aromatic heterocycles. The summed E-state index contributed by atoms with van der Waals surface area (Å²) in [4.78, 5) is 14.0. The quantitative estimate of drug-likeness (QED) is 0.687. The molecule has 0 unspecified atom stereocenters. The molecule has 0 spiro atoms. The Kier molecular flexibility index (Phi) is 7.03. The number of nitrogens with zero attached hydrogens (tertiary/aromatic N) is 1. The molecule has 1 aromatic rings. The third-order valence-electron chi connectivity index (χ3n) is 3.87. The second-order valence-corrected chi connectivity index (χ2v) is 5.61.